The van der Waals surface area contributed by atoms with Gasteiger partial charge >= 0.3 is 0 Å². The summed E-state index contributed by atoms with van der Waals surface area (Å²) in [4.78, 5) is 21.7. The molecular weight excluding hydrogens is 466 g/mol. The first kappa shape index (κ1) is 28.1. The lowest BCUT2D eigenvalue weighted by Crippen LogP contribution is -2.42. The van der Waals surface area contributed by atoms with Crippen LogP contribution in [-0.4, -0.2) is 43.0 Å². The molecular formula is C29H41N5O3. The lowest BCUT2D eigenvalue weighted by Gasteiger charge is -2.23. The molecule has 3 aromatic rings. The van der Waals surface area contributed by atoms with Gasteiger partial charge in [0.15, 0.2) is 0 Å². The van der Waals surface area contributed by atoms with Gasteiger partial charge < -0.3 is 25.9 Å². The van der Waals surface area contributed by atoms with Crippen molar-refractivity contribution in [1.82, 2.24) is 19.9 Å². The summed E-state index contributed by atoms with van der Waals surface area (Å²) in [6.45, 7) is 6.51. The number of aromatic nitrogens is 3. The van der Waals surface area contributed by atoms with Crippen molar-refractivity contribution < 1.29 is 13.4 Å². The van der Waals surface area contributed by atoms with E-state index < -0.39 is 0 Å². The maximum atomic E-state index is 12.4. The molecule has 1 saturated carbocycles. The zero-order valence-corrected chi connectivity index (χ0v) is 21.8. The van der Waals surface area contributed by atoms with Crippen molar-refractivity contribution in [2.45, 2.75) is 64.6 Å². The molecule has 8 nitrogen and oxygen atoms in total. The zero-order chi connectivity index (χ0) is 25.7. The standard InChI is InChI=1S/C29H35N5O2.H2O.2H2/c1-20-26(14-13-25(30)22-10-8-21(9-11-22)16-32-29(2,3)19-35)33-27(17-31-20)23-12-15-28(36)34(18-23)24-6-4-5-7-24;;;/h8-15,17-18,24,30,32,35H,4-7,16,19H2,1-3H3;1H2;2*1H/b14-13+,30-25?;;;. The van der Waals surface area contributed by atoms with Gasteiger partial charge in [0.2, 0.25) is 0 Å². The topological polar surface area (TPSA) is 135 Å². The molecule has 0 radical (unpaired) electrons. The quantitative estimate of drug-likeness (QED) is 0.370. The van der Waals surface area contributed by atoms with Crippen molar-refractivity contribution >= 4 is 11.8 Å². The molecule has 2 heterocycles. The minimum atomic E-state index is -0.338. The van der Waals surface area contributed by atoms with Crippen LogP contribution in [0.4, 0.5) is 0 Å². The number of pyridine rings is 1. The van der Waals surface area contributed by atoms with Crippen LogP contribution in [0.1, 0.15) is 70.9 Å². The van der Waals surface area contributed by atoms with Gasteiger partial charge in [-0.15, -0.1) is 0 Å². The maximum absolute atomic E-state index is 12.4. The van der Waals surface area contributed by atoms with E-state index >= 15 is 0 Å². The van der Waals surface area contributed by atoms with Crippen LogP contribution in [-0.2, 0) is 6.54 Å². The number of hydrogen-bond acceptors (Lipinski definition) is 6. The Kier molecular flexibility index (Phi) is 9.26. The van der Waals surface area contributed by atoms with Gasteiger partial charge in [-0.2, -0.15) is 0 Å². The predicted molar refractivity (Wildman–Crippen MR) is 152 cm³/mol. The van der Waals surface area contributed by atoms with E-state index in [1.807, 2.05) is 61.9 Å². The highest BCUT2D eigenvalue weighted by atomic mass is 16.3. The third-order valence-electron chi connectivity index (χ3n) is 6.78. The third kappa shape index (κ3) is 7.07. The molecule has 5 N–H and O–H groups in total. The first-order valence-corrected chi connectivity index (χ1v) is 12.5. The number of nitrogens with zero attached hydrogens (tertiary/aromatic N) is 3. The molecule has 1 aliphatic rings. The maximum Gasteiger partial charge on any atom is 0.250 e. The van der Waals surface area contributed by atoms with Crippen LogP contribution >= 0.6 is 0 Å². The highest BCUT2D eigenvalue weighted by molar-refractivity contribution is 6.08. The van der Waals surface area contributed by atoms with Crippen LogP contribution in [0, 0.1) is 12.3 Å². The number of aliphatic hydroxyl groups excluding tert-OH is 1. The average molecular weight is 508 g/mol. The SMILES string of the molecule is Cc1ncc(-c2ccc(=O)n(C3CCCC3)c2)nc1/C=C/C(=N)c1ccc(CNC(C)(C)CO)cc1.O.[HH].[HH]. The molecule has 0 unspecified atom stereocenters. The second-order valence-corrected chi connectivity index (χ2v) is 10.2. The Morgan fingerprint density at radius 3 is 2.59 bits per heavy atom. The van der Waals surface area contributed by atoms with Gasteiger partial charge in [-0.1, -0.05) is 37.1 Å². The molecule has 1 fully saturated rings. The van der Waals surface area contributed by atoms with E-state index in [1.165, 1.54) is 0 Å². The first-order valence-electron chi connectivity index (χ1n) is 12.5. The van der Waals surface area contributed by atoms with E-state index in [-0.39, 0.29) is 32.1 Å². The molecule has 1 aromatic carbocycles. The number of aryl methyl sites for hydroxylation is 1. The summed E-state index contributed by atoms with van der Waals surface area (Å²) in [6, 6.07) is 11.5. The molecule has 4 rings (SSSR count). The molecule has 37 heavy (non-hydrogen) atoms. The van der Waals surface area contributed by atoms with E-state index in [4.69, 9.17) is 10.4 Å². The van der Waals surface area contributed by atoms with Gasteiger partial charge in [0.05, 0.1) is 35.6 Å². The Hall–Kier alpha value is -3.46. The predicted octanol–water partition coefficient (Wildman–Crippen LogP) is 4.34. The summed E-state index contributed by atoms with van der Waals surface area (Å²) in [7, 11) is 0. The summed E-state index contributed by atoms with van der Waals surface area (Å²) >= 11 is 0. The molecule has 0 atom stereocenters. The number of nitrogens with one attached hydrogen (secondary N) is 2. The monoisotopic (exact) mass is 507 g/mol. The Morgan fingerprint density at radius 2 is 1.92 bits per heavy atom. The minimum Gasteiger partial charge on any atom is -0.412 e. The van der Waals surface area contributed by atoms with Crippen LogP contribution < -0.4 is 10.9 Å². The van der Waals surface area contributed by atoms with Gasteiger partial charge in [0.25, 0.3) is 5.56 Å². The van der Waals surface area contributed by atoms with Gasteiger partial charge in [-0.25, -0.2) is 4.98 Å². The second kappa shape index (κ2) is 12.2. The minimum absolute atomic E-state index is 0. The molecule has 2 aromatic heterocycles. The molecule has 0 amide bonds. The van der Waals surface area contributed by atoms with Crippen LogP contribution in [0.2, 0.25) is 0 Å². The van der Waals surface area contributed by atoms with Crippen molar-refractivity contribution in [2.24, 2.45) is 0 Å². The molecule has 0 saturated heterocycles. The van der Waals surface area contributed by atoms with Crippen LogP contribution in [0.5, 0.6) is 0 Å². The number of rotatable bonds is 9. The molecule has 200 valence electrons. The fourth-order valence-corrected chi connectivity index (χ4v) is 4.34. The van der Waals surface area contributed by atoms with E-state index in [0.717, 1.165) is 48.1 Å². The number of hydrogen-bond donors (Lipinski definition) is 3. The molecule has 0 bridgehead atoms. The van der Waals surface area contributed by atoms with E-state index in [9.17, 15) is 9.90 Å². The smallest absolute Gasteiger partial charge is 0.250 e. The molecule has 0 spiro atoms. The summed E-state index contributed by atoms with van der Waals surface area (Å²) in [5.74, 6) is 0. The van der Waals surface area contributed by atoms with Crippen molar-refractivity contribution in [3.63, 3.8) is 0 Å². The average Bonchev–Trinajstić information content (AvgIpc) is 3.42. The van der Waals surface area contributed by atoms with Crippen LogP contribution in [0.25, 0.3) is 17.3 Å². The van der Waals surface area contributed by atoms with Crippen molar-refractivity contribution in [1.29, 1.82) is 5.41 Å². The lowest BCUT2D eigenvalue weighted by atomic mass is 10.0. The summed E-state index contributed by atoms with van der Waals surface area (Å²) in [5, 5.41) is 21.2. The normalized spacial score (nSPS) is 14.2. The Balaban J connectivity index is 0.00000253. The zero-order valence-electron chi connectivity index (χ0n) is 21.8. The van der Waals surface area contributed by atoms with E-state index in [1.54, 1.807) is 24.4 Å². The number of allylic oxidation sites excluding steroid dienone is 1. The van der Waals surface area contributed by atoms with Crippen molar-refractivity contribution in [3.8, 4) is 11.3 Å². The number of benzene rings is 1. The fourth-order valence-electron chi connectivity index (χ4n) is 4.34. The van der Waals surface area contributed by atoms with Gasteiger partial charge in [0, 0.05) is 38.8 Å². The summed E-state index contributed by atoms with van der Waals surface area (Å²) in [6.07, 6.45) is 11.6. The van der Waals surface area contributed by atoms with E-state index in [0.29, 0.717) is 23.6 Å². The highest BCUT2D eigenvalue weighted by Crippen LogP contribution is 2.29. The van der Waals surface area contributed by atoms with Gasteiger partial charge in [-0.3, -0.25) is 9.78 Å². The fraction of sp³-hybridized carbons (Fsp3) is 0.379. The van der Waals surface area contributed by atoms with Crippen molar-refractivity contribution in [2.75, 3.05) is 6.61 Å². The molecule has 0 aliphatic heterocycles. The van der Waals surface area contributed by atoms with Crippen molar-refractivity contribution in [3.05, 3.63) is 87.7 Å². The summed E-state index contributed by atoms with van der Waals surface area (Å²) < 4.78 is 1.85. The Morgan fingerprint density at radius 1 is 1.22 bits per heavy atom. The van der Waals surface area contributed by atoms with Crippen LogP contribution in [0.3, 0.4) is 0 Å². The molecule has 8 heteroatoms. The Bertz CT molecular complexity index is 1320. The van der Waals surface area contributed by atoms with E-state index in [2.05, 4.69) is 10.3 Å². The largest absolute Gasteiger partial charge is 0.412 e. The van der Waals surface area contributed by atoms with Crippen LogP contribution in [0.15, 0.2) is 59.7 Å². The third-order valence-corrected chi connectivity index (χ3v) is 6.78. The molecule has 1 aliphatic carbocycles. The lowest BCUT2D eigenvalue weighted by molar-refractivity contribution is 0.187. The van der Waals surface area contributed by atoms with Gasteiger partial charge in [-0.05, 0) is 63.0 Å². The first-order chi connectivity index (χ1) is 17.3. The number of aliphatic hydroxyl groups is 1. The van der Waals surface area contributed by atoms with Gasteiger partial charge in [0.1, 0.15) is 0 Å². The second-order valence-electron chi connectivity index (χ2n) is 10.2. The Labute approximate surface area is 220 Å². The highest BCUT2D eigenvalue weighted by Gasteiger charge is 2.18. The summed E-state index contributed by atoms with van der Waals surface area (Å²) in [5.41, 5.74) is 5.02.